The Labute approximate surface area is 208 Å². The van der Waals surface area contributed by atoms with Crippen LogP contribution in [0.5, 0.6) is 0 Å². The molecule has 0 fully saturated rings. The highest BCUT2D eigenvalue weighted by Crippen LogP contribution is 2.37. The molecule has 3 aromatic carbocycles. The number of carbonyl (C=O) groups excluding carboxylic acids is 1. The maximum atomic E-state index is 13.6. The smallest absolute Gasteiger partial charge is 0.263 e. The van der Waals surface area contributed by atoms with Crippen molar-refractivity contribution >= 4 is 46.6 Å². The number of benzene rings is 3. The molecule has 3 nitrogen and oxygen atoms in total. The summed E-state index contributed by atoms with van der Waals surface area (Å²) in [7, 11) is 0. The molecular formula is C29H21Cl2NO2. The second kappa shape index (κ2) is 9.02. The Morgan fingerprint density at radius 3 is 2.41 bits per heavy atom. The summed E-state index contributed by atoms with van der Waals surface area (Å²) in [4.78, 5) is 15.3. The molecule has 0 atom stereocenters. The first-order valence-corrected chi connectivity index (χ1v) is 11.6. The number of nitrogens with zero attached hydrogens (tertiary/aromatic N) is 1. The third kappa shape index (κ3) is 4.21. The van der Waals surface area contributed by atoms with Crippen LogP contribution in [0.15, 0.2) is 94.9 Å². The molecule has 0 N–H and O–H groups in total. The fourth-order valence-electron chi connectivity index (χ4n) is 3.97. The van der Waals surface area contributed by atoms with Crippen molar-refractivity contribution in [2.75, 3.05) is 4.90 Å². The van der Waals surface area contributed by atoms with Crippen LogP contribution in [0.3, 0.4) is 0 Å². The van der Waals surface area contributed by atoms with Crippen molar-refractivity contribution in [1.29, 1.82) is 0 Å². The maximum absolute atomic E-state index is 13.6. The van der Waals surface area contributed by atoms with Gasteiger partial charge in [-0.25, -0.2) is 0 Å². The van der Waals surface area contributed by atoms with Crippen LogP contribution in [0.1, 0.15) is 22.5 Å². The number of hydrogen-bond donors (Lipinski definition) is 0. The number of rotatable bonds is 4. The van der Waals surface area contributed by atoms with Crippen LogP contribution in [0, 0.1) is 13.8 Å². The van der Waals surface area contributed by atoms with Crippen molar-refractivity contribution < 1.29 is 9.21 Å². The molecular weight excluding hydrogens is 465 g/mol. The number of aryl methyl sites for hydroxylation is 2. The molecule has 2 heterocycles. The van der Waals surface area contributed by atoms with Crippen LogP contribution in [0.2, 0.25) is 10.0 Å². The minimum atomic E-state index is -0.110. The molecule has 1 aliphatic rings. The quantitative estimate of drug-likeness (QED) is 0.272. The zero-order valence-corrected chi connectivity index (χ0v) is 20.2. The number of hydrogen-bond acceptors (Lipinski definition) is 2. The zero-order valence-electron chi connectivity index (χ0n) is 18.7. The van der Waals surface area contributed by atoms with Crippen molar-refractivity contribution in [2.45, 2.75) is 13.8 Å². The summed E-state index contributed by atoms with van der Waals surface area (Å²) in [5.74, 6) is 1.03. The highest BCUT2D eigenvalue weighted by molar-refractivity contribution is 6.35. The van der Waals surface area contributed by atoms with E-state index in [4.69, 9.17) is 27.6 Å². The predicted octanol–water partition coefficient (Wildman–Crippen LogP) is 8.34. The van der Waals surface area contributed by atoms with E-state index < -0.39 is 0 Å². The summed E-state index contributed by atoms with van der Waals surface area (Å²) in [6.45, 7) is 4.11. The van der Waals surface area contributed by atoms with Crippen LogP contribution in [-0.4, -0.2) is 5.91 Å². The van der Waals surface area contributed by atoms with Crippen LogP contribution in [0.4, 0.5) is 5.69 Å². The number of anilines is 1. The monoisotopic (exact) mass is 485 g/mol. The Balaban J connectivity index is 1.56. The molecule has 5 heteroatoms. The van der Waals surface area contributed by atoms with Gasteiger partial charge >= 0.3 is 0 Å². The SMILES string of the molecule is Cc1ccc(N2C(=O)/C(=C/c3ccc(-c4cc(Cl)ccc4Cl)o3)C=C2c2ccccc2)cc1C. The van der Waals surface area contributed by atoms with Gasteiger partial charge in [0.15, 0.2) is 0 Å². The van der Waals surface area contributed by atoms with Crippen LogP contribution >= 0.6 is 23.2 Å². The van der Waals surface area contributed by atoms with Crippen molar-refractivity contribution in [2.24, 2.45) is 0 Å². The maximum Gasteiger partial charge on any atom is 0.263 e. The molecule has 1 aliphatic heterocycles. The third-order valence-corrected chi connectivity index (χ3v) is 6.48. The Hall–Kier alpha value is -3.53. The average Bonchev–Trinajstić information content (AvgIpc) is 3.43. The number of carbonyl (C=O) groups is 1. The van der Waals surface area contributed by atoms with Crippen molar-refractivity contribution in [1.82, 2.24) is 0 Å². The summed E-state index contributed by atoms with van der Waals surface area (Å²) < 4.78 is 6.01. The van der Waals surface area contributed by atoms with Crippen molar-refractivity contribution in [3.63, 3.8) is 0 Å². The van der Waals surface area contributed by atoms with E-state index in [9.17, 15) is 4.79 Å². The van der Waals surface area contributed by atoms with E-state index in [2.05, 4.69) is 6.92 Å². The lowest BCUT2D eigenvalue weighted by atomic mass is 10.1. The molecule has 1 aromatic heterocycles. The van der Waals surface area contributed by atoms with Gasteiger partial charge in [0.1, 0.15) is 11.5 Å². The Kier molecular flexibility index (Phi) is 5.91. The fraction of sp³-hybridized carbons (Fsp3) is 0.0690. The van der Waals surface area contributed by atoms with Gasteiger partial charge in [-0.05, 0) is 85.2 Å². The topological polar surface area (TPSA) is 33.5 Å². The standard InChI is InChI=1S/C29H21Cl2NO2/c1-18-8-10-23(14-19(18)2)32-27(20-6-4-3-5-7-20)16-21(29(32)33)15-24-11-13-28(34-24)25-17-22(30)9-12-26(25)31/h3-17H,1-2H3/b21-15+. The first-order chi connectivity index (χ1) is 16.4. The van der Waals surface area contributed by atoms with Gasteiger partial charge in [-0.2, -0.15) is 0 Å². The molecule has 5 rings (SSSR count). The van der Waals surface area contributed by atoms with Gasteiger partial charge in [0.25, 0.3) is 5.91 Å². The van der Waals surface area contributed by atoms with Gasteiger partial charge in [0.2, 0.25) is 0 Å². The van der Waals surface area contributed by atoms with E-state index >= 15 is 0 Å². The van der Waals surface area contributed by atoms with Crippen molar-refractivity contribution in [3.05, 3.63) is 123 Å². The lowest BCUT2D eigenvalue weighted by Crippen LogP contribution is -2.25. The Morgan fingerprint density at radius 1 is 0.853 bits per heavy atom. The third-order valence-electron chi connectivity index (χ3n) is 5.92. The normalized spacial score (nSPS) is 14.7. The Morgan fingerprint density at radius 2 is 1.65 bits per heavy atom. The number of amides is 1. The van der Waals surface area contributed by atoms with Gasteiger partial charge in [0.05, 0.1) is 10.7 Å². The average molecular weight is 486 g/mol. The van der Waals surface area contributed by atoms with E-state index in [-0.39, 0.29) is 5.91 Å². The van der Waals surface area contributed by atoms with Gasteiger partial charge in [-0.1, -0.05) is 59.6 Å². The molecule has 0 bridgehead atoms. The highest BCUT2D eigenvalue weighted by atomic mass is 35.5. The summed E-state index contributed by atoms with van der Waals surface area (Å²) in [6, 6.07) is 24.8. The second-order valence-electron chi connectivity index (χ2n) is 8.23. The van der Waals surface area contributed by atoms with Gasteiger partial charge in [-0.3, -0.25) is 9.69 Å². The molecule has 0 radical (unpaired) electrons. The highest BCUT2D eigenvalue weighted by Gasteiger charge is 2.30. The summed E-state index contributed by atoms with van der Waals surface area (Å²) in [6.07, 6.45) is 3.66. The number of furan rings is 1. The first-order valence-electron chi connectivity index (χ1n) is 10.9. The van der Waals surface area contributed by atoms with Crippen molar-refractivity contribution in [3.8, 4) is 11.3 Å². The van der Waals surface area contributed by atoms with E-state index in [1.54, 1.807) is 29.2 Å². The molecule has 0 aliphatic carbocycles. The molecule has 0 saturated heterocycles. The van der Waals surface area contributed by atoms with Gasteiger partial charge < -0.3 is 4.42 Å². The molecule has 34 heavy (non-hydrogen) atoms. The van der Waals surface area contributed by atoms with E-state index in [1.165, 1.54) is 5.56 Å². The molecule has 0 unspecified atom stereocenters. The summed E-state index contributed by atoms with van der Waals surface area (Å²) in [5, 5.41) is 1.11. The van der Waals surface area contributed by atoms with E-state index in [0.29, 0.717) is 32.7 Å². The lowest BCUT2D eigenvalue weighted by molar-refractivity contribution is -0.113. The molecule has 168 valence electrons. The summed E-state index contributed by atoms with van der Waals surface area (Å²) >= 11 is 12.5. The fourth-order valence-corrected chi connectivity index (χ4v) is 4.36. The van der Waals surface area contributed by atoms with Crippen LogP contribution < -0.4 is 4.90 Å². The minimum Gasteiger partial charge on any atom is -0.457 e. The number of halogens is 2. The second-order valence-corrected chi connectivity index (χ2v) is 9.07. The lowest BCUT2D eigenvalue weighted by Gasteiger charge is -2.21. The van der Waals surface area contributed by atoms with Gasteiger partial charge in [-0.15, -0.1) is 0 Å². The molecule has 1 amide bonds. The molecule has 0 spiro atoms. The van der Waals surface area contributed by atoms with Crippen LogP contribution in [-0.2, 0) is 4.79 Å². The Bertz CT molecular complexity index is 1460. The molecule has 4 aromatic rings. The zero-order chi connectivity index (χ0) is 23.8. The van der Waals surface area contributed by atoms with Gasteiger partial charge in [0, 0.05) is 21.8 Å². The first kappa shape index (κ1) is 22.3. The predicted molar refractivity (Wildman–Crippen MR) is 140 cm³/mol. The van der Waals surface area contributed by atoms with E-state index in [1.807, 2.05) is 73.7 Å². The van der Waals surface area contributed by atoms with E-state index in [0.717, 1.165) is 22.5 Å². The van der Waals surface area contributed by atoms with Crippen LogP contribution in [0.25, 0.3) is 23.1 Å². The summed E-state index contributed by atoms with van der Waals surface area (Å²) in [5.41, 5.74) is 6.16. The minimum absolute atomic E-state index is 0.110. The molecule has 0 saturated carbocycles. The largest absolute Gasteiger partial charge is 0.457 e.